The zero-order chi connectivity index (χ0) is 24.3. The first kappa shape index (κ1) is 23.3. The maximum absolute atomic E-state index is 13.0. The van der Waals surface area contributed by atoms with Gasteiger partial charge in [-0.25, -0.2) is 8.42 Å². The van der Waals surface area contributed by atoms with E-state index in [-0.39, 0.29) is 10.8 Å². The number of fused-ring (bicyclic) bond motifs is 1. The highest BCUT2D eigenvalue weighted by molar-refractivity contribution is 7.92. The summed E-state index contributed by atoms with van der Waals surface area (Å²) in [6, 6.07) is 25.0. The van der Waals surface area contributed by atoms with Crippen molar-refractivity contribution in [3.05, 3.63) is 96.1 Å². The third-order valence-corrected chi connectivity index (χ3v) is 7.15. The van der Waals surface area contributed by atoms with E-state index >= 15 is 0 Å². The number of hydrogen-bond acceptors (Lipinski definition) is 4. The van der Waals surface area contributed by atoms with Crippen molar-refractivity contribution < 1.29 is 17.9 Å². The van der Waals surface area contributed by atoms with Crippen LogP contribution in [0.4, 0.5) is 11.4 Å². The summed E-state index contributed by atoms with van der Waals surface area (Å²) in [6.07, 6.45) is 0. The molecule has 2 N–H and O–H groups in total. The highest BCUT2D eigenvalue weighted by Gasteiger charge is 2.18. The van der Waals surface area contributed by atoms with Gasteiger partial charge in [-0.3, -0.25) is 9.52 Å². The second-order valence-corrected chi connectivity index (χ2v) is 9.81. The van der Waals surface area contributed by atoms with Crippen LogP contribution < -0.4 is 14.8 Å². The quantitative estimate of drug-likeness (QED) is 0.360. The van der Waals surface area contributed by atoms with Gasteiger partial charge in [-0.2, -0.15) is 0 Å². The summed E-state index contributed by atoms with van der Waals surface area (Å²) in [5, 5.41) is 4.96. The molecule has 0 saturated heterocycles. The van der Waals surface area contributed by atoms with Gasteiger partial charge < -0.3 is 10.1 Å². The highest BCUT2D eigenvalue weighted by atomic mass is 32.2. The molecule has 4 aromatic rings. The number of benzene rings is 4. The normalized spacial score (nSPS) is 12.2. The number of carbonyl (C=O) groups is 1. The number of methoxy groups -OCH3 is 1. The van der Waals surface area contributed by atoms with E-state index in [1.807, 2.05) is 43.3 Å². The molecule has 0 spiro atoms. The van der Waals surface area contributed by atoms with Crippen molar-refractivity contribution in [2.75, 3.05) is 17.1 Å². The summed E-state index contributed by atoms with van der Waals surface area (Å²) in [4.78, 5) is 13.2. The van der Waals surface area contributed by atoms with E-state index in [0.29, 0.717) is 11.4 Å². The molecule has 0 aromatic heterocycles. The minimum Gasteiger partial charge on any atom is -0.497 e. The van der Waals surface area contributed by atoms with Crippen LogP contribution in [0.5, 0.6) is 5.75 Å². The first-order chi connectivity index (χ1) is 16.3. The number of amides is 1. The molecule has 6 nitrogen and oxygen atoms in total. The third-order valence-electron chi connectivity index (χ3n) is 5.77. The second-order valence-electron chi connectivity index (χ2n) is 8.13. The molecule has 34 heavy (non-hydrogen) atoms. The van der Waals surface area contributed by atoms with Crippen LogP contribution in [0.15, 0.2) is 89.8 Å². The van der Waals surface area contributed by atoms with Gasteiger partial charge in [0.1, 0.15) is 5.75 Å². The Morgan fingerprint density at radius 1 is 0.882 bits per heavy atom. The van der Waals surface area contributed by atoms with Gasteiger partial charge in [-0.15, -0.1) is 0 Å². The summed E-state index contributed by atoms with van der Waals surface area (Å²) in [6.45, 7) is 3.65. The van der Waals surface area contributed by atoms with Gasteiger partial charge >= 0.3 is 0 Å². The fourth-order valence-electron chi connectivity index (χ4n) is 3.65. The van der Waals surface area contributed by atoms with E-state index in [9.17, 15) is 13.2 Å². The molecule has 4 rings (SSSR count). The molecule has 1 amide bonds. The van der Waals surface area contributed by atoms with Crippen molar-refractivity contribution in [2.45, 2.75) is 24.7 Å². The van der Waals surface area contributed by atoms with Crippen LogP contribution in [-0.4, -0.2) is 21.4 Å². The Labute approximate surface area is 199 Å². The van der Waals surface area contributed by atoms with Crippen LogP contribution >= 0.6 is 0 Å². The molecule has 0 heterocycles. The van der Waals surface area contributed by atoms with Gasteiger partial charge in [0.05, 0.1) is 23.6 Å². The van der Waals surface area contributed by atoms with Crippen molar-refractivity contribution >= 4 is 38.1 Å². The smallest absolute Gasteiger partial charge is 0.261 e. The molecule has 0 aliphatic heterocycles. The van der Waals surface area contributed by atoms with Crippen LogP contribution in [0.25, 0.3) is 10.8 Å². The lowest BCUT2D eigenvalue weighted by molar-refractivity contribution is -0.117. The highest BCUT2D eigenvalue weighted by Crippen LogP contribution is 2.27. The molecular weight excluding hydrogens is 448 g/mol. The number of nitrogens with one attached hydrogen (secondary N) is 2. The zero-order valence-electron chi connectivity index (χ0n) is 19.2. The lowest BCUT2D eigenvalue weighted by Gasteiger charge is -2.16. The predicted octanol–water partition coefficient (Wildman–Crippen LogP) is 5.70. The lowest BCUT2D eigenvalue weighted by atomic mass is 9.97. The number of aryl methyl sites for hydroxylation is 1. The Morgan fingerprint density at radius 2 is 1.59 bits per heavy atom. The number of rotatable bonds is 7. The molecular formula is C27H26N2O4S. The van der Waals surface area contributed by atoms with E-state index < -0.39 is 15.9 Å². The van der Waals surface area contributed by atoms with Crippen LogP contribution in [0, 0.1) is 6.92 Å². The van der Waals surface area contributed by atoms with Gasteiger partial charge in [0.15, 0.2) is 0 Å². The number of anilines is 2. The topological polar surface area (TPSA) is 84.5 Å². The first-order valence-corrected chi connectivity index (χ1v) is 12.3. The molecule has 0 aliphatic carbocycles. The van der Waals surface area contributed by atoms with Gasteiger partial charge in [-0.1, -0.05) is 48.5 Å². The summed E-state index contributed by atoms with van der Waals surface area (Å²) >= 11 is 0. The Hall–Kier alpha value is -3.84. The Balaban J connectivity index is 1.52. The Morgan fingerprint density at radius 3 is 2.32 bits per heavy atom. The molecule has 7 heteroatoms. The standard InChI is InChI=1S/C27H26N2O4S/c1-18-9-13-23(17-26(18)29-34(31,32)25-7-5-4-6-8-25)28-27(30)19(2)20-10-11-22-16-24(33-3)14-12-21(22)15-20/h4-17,19,29H,1-3H3,(H,28,30)/t19-/m0/s1. The van der Waals surface area contributed by atoms with Crippen LogP contribution in [0.3, 0.4) is 0 Å². The number of sulfonamides is 1. The molecule has 0 unspecified atom stereocenters. The molecule has 0 radical (unpaired) electrons. The zero-order valence-corrected chi connectivity index (χ0v) is 20.0. The van der Waals surface area contributed by atoms with Gasteiger partial charge in [-0.05, 0) is 72.1 Å². The lowest BCUT2D eigenvalue weighted by Crippen LogP contribution is -2.19. The summed E-state index contributed by atoms with van der Waals surface area (Å²) in [5.41, 5.74) is 2.55. The van der Waals surface area contributed by atoms with Gasteiger partial charge in [0, 0.05) is 5.69 Å². The summed E-state index contributed by atoms with van der Waals surface area (Å²) in [5.74, 6) is 0.190. The fraction of sp³-hybridized carbons (Fsp3) is 0.148. The molecule has 0 saturated carbocycles. The van der Waals surface area contributed by atoms with Crippen molar-refractivity contribution in [3.63, 3.8) is 0 Å². The minimum absolute atomic E-state index is 0.173. The first-order valence-electron chi connectivity index (χ1n) is 10.8. The average molecular weight is 475 g/mol. The Bertz CT molecular complexity index is 1450. The van der Waals surface area contributed by atoms with E-state index in [1.54, 1.807) is 50.4 Å². The van der Waals surface area contributed by atoms with Gasteiger partial charge in [0.25, 0.3) is 10.0 Å². The van der Waals surface area contributed by atoms with E-state index in [4.69, 9.17) is 4.74 Å². The fourth-order valence-corrected chi connectivity index (χ4v) is 4.80. The van der Waals surface area contributed by atoms with Crippen molar-refractivity contribution in [1.29, 1.82) is 0 Å². The molecule has 174 valence electrons. The van der Waals surface area contributed by atoms with Gasteiger partial charge in [0.2, 0.25) is 5.91 Å². The monoisotopic (exact) mass is 474 g/mol. The summed E-state index contributed by atoms with van der Waals surface area (Å²) < 4.78 is 33.3. The maximum Gasteiger partial charge on any atom is 0.261 e. The SMILES string of the molecule is COc1ccc2cc([C@H](C)C(=O)Nc3ccc(C)c(NS(=O)(=O)c4ccccc4)c3)ccc2c1. The molecule has 0 bridgehead atoms. The van der Waals surface area contributed by atoms with Crippen molar-refractivity contribution in [2.24, 2.45) is 0 Å². The average Bonchev–Trinajstić information content (AvgIpc) is 2.85. The van der Waals surface area contributed by atoms with Crippen LogP contribution in [0.2, 0.25) is 0 Å². The maximum atomic E-state index is 13.0. The Kier molecular flexibility index (Phi) is 6.56. The molecule has 0 fully saturated rings. The van der Waals surface area contributed by atoms with E-state index in [0.717, 1.165) is 27.6 Å². The van der Waals surface area contributed by atoms with Crippen LogP contribution in [0.1, 0.15) is 24.0 Å². The molecule has 1 atom stereocenters. The minimum atomic E-state index is -3.74. The number of carbonyl (C=O) groups excluding carboxylic acids is 1. The third kappa shape index (κ3) is 5.05. The van der Waals surface area contributed by atoms with Crippen molar-refractivity contribution in [3.8, 4) is 5.75 Å². The largest absolute Gasteiger partial charge is 0.497 e. The molecule has 4 aromatic carbocycles. The number of ether oxygens (including phenoxy) is 1. The summed E-state index contributed by atoms with van der Waals surface area (Å²) in [7, 11) is -2.11. The van der Waals surface area contributed by atoms with E-state index in [1.165, 1.54) is 12.1 Å². The van der Waals surface area contributed by atoms with E-state index in [2.05, 4.69) is 10.0 Å². The predicted molar refractivity (Wildman–Crippen MR) is 136 cm³/mol. The second kappa shape index (κ2) is 9.57. The number of hydrogen-bond donors (Lipinski definition) is 2. The molecule has 0 aliphatic rings. The van der Waals surface area contributed by atoms with Crippen molar-refractivity contribution in [1.82, 2.24) is 0 Å². The van der Waals surface area contributed by atoms with Crippen LogP contribution in [-0.2, 0) is 14.8 Å².